The highest BCUT2D eigenvalue weighted by atomic mass is 19.1. The molecule has 0 amide bonds. The molecule has 0 heterocycles. The molecular weight excluding hydrogens is 174 g/mol. The van der Waals surface area contributed by atoms with Gasteiger partial charge in [0.2, 0.25) is 0 Å². The van der Waals surface area contributed by atoms with Crippen LogP contribution in [0.1, 0.15) is 5.56 Å². The van der Waals surface area contributed by atoms with Crippen molar-refractivity contribution >= 4 is 13.4 Å². The van der Waals surface area contributed by atoms with Gasteiger partial charge < -0.3 is 14.7 Å². The first-order chi connectivity index (χ1) is 6.18. The molecule has 0 radical (unpaired) electrons. The van der Waals surface area contributed by atoms with Gasteiger partial charge in [-0.2, -0.15) is 0 Å². The Morgan fingerprint density at radius 2 is 1.85 bits per heavy atom. The molecule has 0 aromatic heterocycles. The lowest BCUT2D eigenvalue weighted by molar-refractivity contribution is 0.258. The van der Waals surface area contributed by atoms with Gasteiger partial charge in [0.1, 0.15) is 5.82 Å². The second-order valence-corrected chi connectivity index (χ2v) is 2.32. The summed E-state index contributed by atoms with van der Waals surface area (Å²) < 4.78 is 16.7. The van der Waals surface area contributed by atoms with Crippen LogP contribution in [0.15, 0.2) is 30.5 Å². The number of benzene rings is 1. The third kappa shape index (κ3) is 3.73. The lowest BCUT2D eigenvalue weighted by atomic mass is 10.2. The topological polar surface area (TPSA) is 49.7 Å². The summed E-state index contributed by atoms with van der Waals surface area (Å²) >= 11 is 0. The number of hydrogen-bond donors (Lipinski definition) is 2. The third-order valence-corrected chi connectivity index (χ3v) is 1.33. The predicted octanol–water partition coefficient (Wildman–Crippen LogP) is 0.783. The van der Waals surface area contributed by atoms with E-state index >= 15 is 0 Å². The van der Waals surface area contributed by atoms with E-state index in [1.807, 2.05) is 0 Å². The summed E-state index contributed by atoms with van der Waals surface area (Å²) in [7, 11) is -1.82. The Balaban J connectivity index is 2.54. The Kier molecular flexibility index (Phi) is 3.48. The molecule has 1 aromatic rings. The first kappa shape index (κ1) is 9.76. The molecule has 0 aliphatic carbocycles. The zero-order valence-electron chi connectivity index (χ0n) is 6.72. The highest BCUT2D eigenvalue weighted by molar-refractivity contribution is 6.32. The molecule has 2 N–H and O–H groups in total. The Bertz CT molecular complexity index is 284. The maximum Gasteiger partial charge on any atom is 0.707 e. The molecule has 1 rings (SSSR count). The second kappa shape index (κ2) is 4.64. The Morgan fingerprint density at radius 3 is 2.38 bits per heavy atom. The van der Waals surface area contributed by atoms with Gasteiger partial charge in [0.05, 0.1) is 6.26 Å². The van der Waals surface area contributed by atoms with Crippen molar-refractivity contribution in [2.24, 2.45) is 0 Å². The standard InChI is InChI=1S/C8H8BFO3/c10-8-3-1-7(2-4-8)5-6-13-9(11)12/h1-6,11-12H. The van der Waals surface area contributed by atoms with Gasteiger partial charge in [-0.3, -0.25) is 0 Å². The minimum atomic E-state index is -1.82. The Hall–Kier alpha value is -1.33. The van der Waals surface area contributed by atoms with Crippen LogP contribution in [0.25, 0.3) is 6.08 Å². The summed E-state index contributed by atoms with van der Waals surface area (Å²) in [6.07, 6.45) is 2.61. The van der Waals surface area contributed by atoms with E-state index in [-0.39, 0.29) is 5.82 Å². The van der Waals surface area contributed by atoms with Crippen molar-refractivity contribution in [3.05, 3.63) is 41.9 Å². The van der Waals surface area contributed by atoms with Gasteiger partial charge in [-0.05, 0) is 23.8 Å². The lowest BCUT2D eigenvalue weighted by Gasteiger charge is -1.95. The Morgan fingerprint density at radius 1 is 1.23 bits per heavy atom. The summed E-state index contributed by atoms with van der Waals surface area (Å²) in [5.41, 5.74) is 0.710. The molecule has 68 valence electrons. The molecule has 0 saturated heterocycles. The highest BCUT2D eigenvalue weighted by Gasteiger charge is 2.05. The first-order valence-electron chi connectivity index (χ1n) is 3.62. The zero-order chi connectivity index (χ0) is 9.68. The summed E-state index contributed by atoms with van der Waals surface area (Å²) in [5.74, 6) is -0.319. The van der Waals surface area contributed by atoms with Gasteiger partial charge >= 0.3 is 7.32 Å². The summed E-state index contributed by atoms with van der Waals surface area (Å²) in [6, 6.07) is 5.68. The number of hydrogen-bond acceptors (Lipinski definition) is 3. The van der Waals surface area contributed by atoms with E-state index in [0.29, 0.717) is 5.56 Å². The molecule has 0 saturated carbocycles. The van der Waals surface area contributed by atoms with Gasteiger partial charge in [-0.25, -0.2) is 4.39 Å². The van der Waals surface area contributed by atoms with Crippen LogP contribution in [0.2, 0.25) is 0 Å². The first-order valence-corrected chi connectivity index (χ1v) is 3.62. The van der Waals surface area contributed by atoms with Gasteiger partial charge in [-0.1, -0.05) is 12.1 Å². The highest BCUT2D eigenvalue weighted by Crippen LogP contribution is 2.04. The van der Waals surface area contributed by atoms with Crippen molar-refractivity contribution in [1.29, 1.82) is 0 Å². The normalized spacial score (nSPS) is 10.4. The fraction of sp³-hybridized carbons (Fsp3) is 0. The van der Waals surface area contributed by atoms with Crippen molar-refractivity contribution in [2.75, 3.05) is 0 Å². The molecule has 0 spiro atoms. The van der Waals surface area contributed by atoms with Crippen LogP contribution in [-0.4, -0.2) is 17.4 Å². The molecular formula is C8H8BFO3. The molecule has 3 nitrogen and oxygen atoms in total. The number of halogens is 1. The van der Waals surface area contributed by atoms with Gasteiger partial charge in [-0.15, -0.1) is 0 Å². The smallest absolute Gasteiger partial charge is 0.518 e. The van der Waals surface area contributed by atoms with Crippen molar-refractivity contribution in [3.63, 3.8) is 0 Å². The van der Waals surface area contributed by atoms with Crippen LogP contribution >= 0.6 is 0 Å². The van der Waals surface area contributed by atoms with E-state index in [0.717, 1.165) is 6.26 Å². The third-order valence-electron chi connectivity index (χ3n) is 1.33. The van der Waals surface area contributed by atoms with E-state index in [2.05, 4.69) is 4.65 Å². The van der Waals surface area contributed by atoms with Gasteiger partial charge in [0.15, 0.2) is 0 Å². The fourth-order valence-electron chi connectivity index (χ4n) is 0.762. The average Bonchev–Trinajstić information content (AvgIpc) is 2.08. The SMILES string of the molecule is OB(O)OC=Cc1ccc(F)cc1. The van der Waals surface area contributed by atoms with Gasteiger partial charge in [0.25, 0.3) is 0 Å². The zero-order valence-corrected chi connectivity index (χ0v) is 6.72. The molecule has 0 bridgehead atoms. The minimum absolute atomic E-state index is 0.319. The minimum Gasteiger partial charge on any atom is -0.518 e. The Labute approximate surface area is 75.3 Å². The summed E-state index contributed by atoms with van der Waals surface area (Å²) in [5, 5.41) is 16.6. The molecule has 0 aliphatic rings. The second-order valence-electron chi connectivity index (χ2n) is 2.32. The van der Waals surface area contributed by atoms with E-state index < -0.39 is 7.32 Å². The van der Waals surface area contributed by atoms with E-state index in [4.69, 9.17) is 10.0 Å². The van der Waals surface area contributed by atoms with Gasteiger partial charge in [0, 0.05) is 0 Å². The van der Waals surface area contributed by atoms with Crippen LogP contribution < -0.4 is 0 Å². The molecule has 0 aliphatic heterocycles. The van der Waals surface area contributed by atoms with E-state index in [1.165, 1.54) is 18.2 Å². The molecule has 0 unspecified atom stereocenters. The molecule has 0 fully saturated rings. The van der Waals surface area contributed by atoms with Crippen LogP contribution in [0, 0.1) is 5.82 Å². The van der Waals surface area contributed by atoms with Crippen molar-refractivity contribution in [3.8, 4) is 0 Å². The lowest BCUT2D eigenvalue weighted by Crippen LogP contribution is -2.12. The molecule has 13 heavy (non-hydrogen) atoms. The van der Waals surface area contributed by atoms with Crippen LogP contribution in [0.5, 0.6) is 0 Å². The summed E-state index contributed by atoms with van der Waals surface area (Å²) in [6.45, 7) is 0. The number of rotatable bonds is 3. The maximum absolute atomic E-state index is 12.4. The van der Waals surface area contributed by atoms with E-state index in [1.54, 1.807) is 12.1 Å². The molecule has 0 atom stereocenters. The summed E-state index contributed by atoms with van der Waals surface area (Å²) in [4.78, 5) is 0. The van der Waals surface area contributed by atoms with Crippen LogP contribution in [-0.2, 0) is 4.65 Å². The average molecular weight is 182 g/mol. The van der Waals surface area contributed by atoms with E-state index in [9.17, 15) is 4.39 Å². The van der Waals surface area contributed by atoms with Crippen molar-refractivity contribution in [2.45, 2.75) is 0 Å². The van der Waals surface area contributed by atoms with Crippen LogP contribution in [0.4, 0.5) is 4.39 Å². The maximum atomic E-state index is 12.4. The van der Waals surface area contributed by atoms with Crippen molar-refractivity contribution < 1.29 is 19.1 Å². The monoisotopic (exact) mass is 182 g/mol. The molecule has 1 aromatic carbocycles. The fourth-order valence-corrected chi connectivity index (χ4v) is 0.762. The quantitative estimate of drug-likeness (QED) is 0.536. The van der Waals surface area contributed by atoms with Crippen LogP contribution in [0.3, 0.4) is 0 Å². The van der Waals surface area contributed by atoms with Crippen molar-refractivity contribution in [1.82, 2.24) is 0 Å². The molecule has 5 heteroatoms. The predicted molar refractivity (Wildman–Crippen MR) is 46.7 cm³/mol. The largest absolute Gasteiger partial charge is 0.707 e.